The van der Waals surface area contributed by atoms with Crippen molar-refractivity contribution >= 4 is 5.95 Å². The van der Waals surface area contributed by atoms with Gasteiger partial charge >= 0.3 is 5.69 Å². The van der Waals surface area contributed by atoms with Gasteiger partial charge in [-0.2, -0.15) is 4.98 Å². The average Bonchev–Trinajstić information content (AvgIpc) is 2.70. The lowest BCUT2D eigenvalue weighted by atomic mass is 9.91. The van der Waals surface area contributed by atoms with Crippen molar-refractivity contribution in [3.05, 3.63) is 16.8 Å². The van der Waals surface area contributed by atoms with Crippen molar-refractivity contribution in [2.75, 3.05) is 19.0 Å². The summed E-state index contributed by atoms with van der Waals surface area (Å²) in [6, 6.07) is 0. The highest BCUT2D eigenvalue weighted by molar-refractivity contribution is 5.26. The van der Waals surface area contributed by atoms with Gasteiger partial charge < -0.3 is 26.4 Å². The maximum absolute atomic E-state index is 12.3. The summed E-state index contributed by atoms with van der Waals surface area (Å²) in [6.45, 7) is -1.55. The molecular formula is C11H14FN5O4. The van der Waals surface area contributed by atoms with Gasteiger partial charge in [-0.1, -0.05) is 11.8 Å². The standard InChI is InChI=1S/C11H14FN5O4/c12-3-1-2-11(14)7(19)6(4-18)21-8(11)17-5-15-9(13)16-10(17)20/h5-8,18-19H,3-4,14H2,(H2,13,16,20)/t6-,7?,8-,11-/m1/s1. The van der Waals surface area contributed by atoms with E-state index in [9.17, 15) is 19.4 Å². The third-order valence-corrected chi connectivity index (χ3v) is 3.10. The van der Waals surface area contributed by atoms with Gasteiger partial charge in [0.2, 0.25) is 5.95 Å². The molecule has 1 aromatic heterocycles. The molecule has 2 rings (SSSR count). The fourth-order valence-corrected chi connectivity index (χ4v) is 2.08. The molecule has 2 heterocycles. The van der Waals surface area contributed by atoms with Crippen LogP contribution in [0.2, 0.25) is 0 Å². The molecule has 1 aliphatic rings. The summed E-state index contributed by atoms with van der Waals surface area (Å²) in [6.07, 6.45) is -2.79. The first-order valence-electron chi connectivity index (χ1n) is 5.94. The van der Waals surface area contributed by atoms with Crippen molar-refractivity contribution in [3.8, 4) is 11.8 Å². The summed E-state index contributed by atoms with van der Waals surface area (Å²) in [4.78, 5) is 18.9. The summed E-state index contributed by atoms with van der Waals surface area (Å²) in [5.74, 6) is 4.18. The van der Waals surface area contributed by atoms with Crippen molar-refractivity contribution in [2.24, 2.45) is 5.73 Å². The van der Waals surface area contributed by atoms with Crippen molar-refractivity contribution < 1.29 is 19.3 Å². The predicted octanol–water partition coefficient (Wildman–Crippen LogP) is -2.86. The Morgan fingerprint density at radius 1 is 1.62 bits per heavy atom. The van der Waals surface area contributed by atoms with Crippen LogP contribution in [0.1, 0.15) is 6.23 Å². The van der Waals surface area contributed by atoms with E-state index in [-0.39, 0.29) is 5.95 Å². The van der Waals surface area contributed by atoms with Gasteiger partial charge in [0.05, 0.1) is 6.61 Å². The SMILES string of the molecule is Nc1ncn([C@@H]2O[C@H](CO)C(O)[C@]2(N)C#CCF)c(=O)n1. The van der Waals surface area contributed by atoms with Crippen LogP contribution in [-0.2, 0) is 4.74 Å². The van der Waals surface area contributed by atoms with E-state index in [1.165, 1.54) is 0 Å². The number of rotatable bonds is 2. The van der Waals surface area contributed by atoms with Crippen LogP contribution in [0.3, 0.4) is 0 Å². The fourth-order valence-electron chi connectivity index (χ4n) is 2.08. The van der Waals surface area contributed by atoms with Crippen LogP contribution >= 0.6 is 0 Å². The number of aromatic nitrogens is 3. The maximum Gasteiger partial charge on any atom is 0.354 e. The van der Waals surface area contributed by atoms with Gasteiger partial charge in [0.25, 0.3) is 0 Å². The monoisotopic (exact) mass is 299 g/mol. The van der Waals surface area contributed by atoms with Crippen LogP contribution in [0.15, 0.2) is 11.1 Å². The molecule has 9 nitrogen and oxygen atoms in total. The van der Waals surface area contributed by atoms with E-state index in [1.54, 1.807) is 0 Å². The minimum atomic E-state index is -1.80. The van der Waals surface area contributed by atoms with Gasteiger partial charge in [-0.15, -0.1) is 0 Å². The van der Waals surface area contributed by atoms with Gasteiger partial charge in [-0.05, 0) is 0 Å². The highest BCUT2D eigenvalue weighted by atomic mass is 19.1. The van der Waals surface area contributed by atoms with E-state index in [0.717, 1.165) is 10.9 Å². The van der Waals surface area contributed by atoms with Crippen molar-refractivity contribution in [2.45, 2.75) is 24.0 Å². The quantitative estimate of drug-likeness (QED) is 0.426. The molecule has 21 heavy (non-hydrogen) atoms. The number of nitrogens with two attached hydrogens (primary N) is 2. The Morgan fingerprint density at radius 2 is 2.33 bits per heavy atom. The van der Waals surface area contributed by atoms with Crippen molar-refractivity contribution in [1.82, 2.24) is 14.5 Å². The number of aliphatic hydroxyl groups excluding tert-OH is 2. The Kier molecular flexibility index (Phi) is 4.19. The first kappa shape index (κ1) is 15.3. The highest BCUT2D eigenvalue weighted by Crippen LogP contribution is 2.35. The van der Waals surface area contributed by atoms with Gasteiger partial charge in [0, 0.05) is 0 Å². The van der Waals surface area contributed by atoms with Crippen LogP contribution < -0.4 is 17.2 Å². The average molecular weight is 299 g/mol. The number of nitrogen functional groups attached to an aromatic ring is 1. The molecule has 0 aliphatic carbocycles. The van der Waals surface area contributed by atoms with E-state index < -0.39 is 42.9 Å². The fraction of sp³-hybridized carbons (Fsp3) is 0.545. The second kappa shape index (κ2) is 5.74. The Hall–Kier alpha value is -2.06. The third-order valence-electron chi connectivity index (χ3n) is 3.10. The number of hydrogen-bond donors (Lipinski definition) is 4. The Morgan fingerprint density at radius 3 is 2.90 bits per heavy atom. The lowest BCUT2D eigenvalue weighted by Crippen LogP contribution is -2.55. The largest absolute Gasteiger partial charge is 0.394 e. The third kappa shape index (κ3) is 2.59. The molecule has 10 heteroatoms. The summed E-state index contributed by atoms with van der Waals surface area (Å²) < 4.78 is 18.5. The molecule has 0 radical (unpaired) electrons. The van der Waals surface area contributed by atoms with Gasteiger partial charge in [-0.25, -0.2) is 14.2 Å². The number of alkyl halides is 1. The Balaban J connectivity index is 2.51. The predicted molar refractivity (Wildman–Crippen MR) is 68.4 cm³/mol. The molecule has 6 N–H and O–H groups in total. The molecule has 0 bridgehead atoms. The summed E-state index contributed by atoms with van der Waals surface area (Å²) in [5, 5.41) is 19.3. The van der Waals surface area contributed by atoms with Crippen LogP contribution in [0.4, 0.5) is 10.3 Å². The first-order chi connectivity index (χ1) is 9.93. The van der Waals surface area contributed by atoms with Crippen molar-refractivity contribution in [1.29, 1.82) is 0 Å². The minimum absolute atomic E-state index is 0.244. The van der Waals surface area contributed by atoms with Gasteiger partial charge in [0.15, 0.2) is 11.8 Å². The minimum Gasteiger partial charge on any atom is -0.394 e. The molecule has 0 aromatic carbocycles. The lowest BCUT2D eigenvalue weighted by Gasteiger charge is -2.27. The van der Waals surface area contributed by atoms with Crippen LogP contribution in [-0.4, -0.2) is 55.8 Å². The van der Waals surface area contributed by atoms with Crippen molar-refractivity contribution in [3.63, 3.8) is 0 Å². The zero-order chi connectivity index (χ0) is 15.6. The van der Waals surface area contributed by atoms with E-state index in [0.29, 0.717) is 0 Å². The number of anilines is 1. The Labute approximate surface area is 118 Å². The van der Waals surface area contributed by atoms with E-state index in [4.69, 9.17) is 16.2 Å². The molecule has 0 amide bonds. The molecule has 0 saturated carbocycles. The number of halogens is 1. The van der Waals surface area contributed by atoms with E-state index >= 15 is 0 Å². The number of hydrogen-bond acceptors (Lipinski definition) is 8. The van der Waals surface area contributed by atoms with Crippen LogP contribution in [0.5, 0.6) is 0 Å². The Bertz CT molecular complexity index is 641. The normalized spacial score (nSPS) is 31.7. The van der Waals surface area contributed by atoms with Gasteiger partial charge in [-0.3, -0.25) is 4.57 Å². The van der Waals surface area contributed by atoms with Crippen LogP contribution in [0, 0.1) is 11.8 Å². The molecule has 4 atom stereocenters. The maximum atomic E-state index is 12.3. The zero-order valence-electron chi connectivity index (χ0n) is 10.8. The number of ether oxygens (including phenoxy) is 1. The summed E-state index contributed by atoms with van der Waals surface area (Å²) in [5.41, 5.74) is 8.62. The molecule has 1 unspecified atom stereocenters. The molecular weight excluding hydrogens is 285 g/mol. The molecule has 0 spiro atoms. The van der Waals surface area contributed by atoms with Crippen LogP contribution in [0.25, 0.3) is 0 Å². The zero-order valence-corrected chi connectivity index (χ0v) is 10.8. The smallest absolute Gasteiger partial charge is 0.354 e. The molecule has 1 saturated heterocycles. The highest BCUT2D eigenvalue weighted by Gasteiger charge is 2.54. The second-order valence-electron chi connectivity index (χ2n) is 4.43. The topological polar surface area (TPSA) is 150 Å². The first-order valence-corrected chi connectivity index (χ1v) is 5.94. The molecule has 1 aliphatic heterocycles. The molecule has 114 valence electrons. The van der Waals surface area contributed by atoms with Gasteiger partial charge in [0.1, 0.15) is 25.2 Å². The summed E-state index contributed by atoms with van der Waals surface area (Å²) >= 11 is 0. The second-order valence-corrected chi connectivity index (χ2v) is 4.43. The lowest BCUT2D eigenvalue weighted by molar-refractivity contribution is -0.0480. The van der Waals surface area contributed by atoms with E-state index in [1.807, 2.05) is 0 Å². The number of nitrogens with zero attached hydrogens (tertiary/aromatic N) is 3. The summed E-state index contributed by atoms with van der Waals surface area (Å²) in [7, 11) is 0. The number of aliphatic hydroxyl groups is 2. The molecule has 1 fully saturated rings. The molecule has 1 aromatic rings. The van der Waals surface area contributed by atoms with E-state index in [2.05, 4.69) is 21.8 Å².